The van der Waals surface area contributed by atoms with Crippen molar-refractivity contribution in [2.75, 3.05) is 0 Å². The first-order valence-corrected chi connectivity index (χ1v) is 4.77. The summed E-state index contributed by atoms with van der Waals surface area (Å²) in [5, 5.41) is 0. The molecule has 0 unspecified atom stereocenters. The maximum atomic E-state index is 5.78. The molecule has 0 amide bonds. The molecule has 0 spiro atoms. The van der Waals surface area contributed by atoms with Gasteiger partial charge >= 0.3 is 0 Å². The molecule has 0 bridgehead atoms. The van der Waals surface area contributed by atoms with E-state index in [9.17, 15) is 0 Å². The minimum absolute atomic E-state index is 0. The lowest BCUT2D eigenvalue weighted by atomic mass is 10.0. The Kier molecular flexibility index (Phi) is 2.50. The minimum Gasteiger partial charge on any atom is -0.457 e. The summed E-state index contributed by atoms with van der Waals surface area (Å²) in [5.41, 5.74) is 2.54. The molecule has 1 heterocycles. The quantitative estimate of drug-likeness (QED) is 0.501. The van der Waals surface area contributed by atoms with Crippen molar-refractivity contribution in [2.45, 2.75) is 6.42 Å². The molecule has 1 aliphatic heterocycles. The van der Waals surface area contributed by atoms with Crippen LogP contribution in [0.3, 0.4) is 0 Å². The maximum Gasteiger partial charge on any atom is 0.130 e. The maximum absolute atomic E-state index is 5.78. The topological polar surface area (TPSA) is 9.23 Å². The molecular weight excluding hydrogens is 183 g/mol. The molecular formula is C13H13BO. The molecule has 2 heteroatoms. The molecule has 0 atom stereocenters. The summed E-state index contributed by atoms with van der Waals surface area (Å²) >= 11 is 0. The first-order valence-electron chi connectivity index (χ1n) is 4.77. The summed E-state index contributed by atoms with van der Waals surface area (Å²) in [5.74, 6) is 1.98. The number of fused-ring (bicyclic) bond motifs is 2. The SMILES string of the molecule is B.c1ccc2c(c1)Cc1ccccc1O2. The molecule has 74 valence electrons. The van der Waals surface area contributed by atoms with Gasteiger partial charge in [0.25, 0.3) is 0 Å². The van der Waals surface area contributed by atoms with Gasteiger partial charge in [0.05, 0.1) is 8.41 Å². The summed E-state index contributed by atoms with van der Waals surface area (Å²) in [6.07, 6.45) is 0.979. The van der Waals surface area contributed by atoms with Crippen LogP contribution >= 0.6 is 0 Å². The van der Waals surface area contributed by atoms with Crippen LogP contribution in [0, 0.1) is 0 Å². The van der Waals surface area contributed by atoms with Gasteiger partial charge in [-0.05, 0) is 23.3 Å². The van der Waals surface area contributed by atoms with Gasteiger partial charge < -0.3 is 4.74 Å². The van der Waals surface area contributed by atoms with E-state index in [-0.39, 0.29) is 8.41 Å². The van der Waals surface area contributed by atoms with Crippen molar-refractivity contribution < 1.29 is 4.74 Å². The van der Waals surface area contributed by atoms with Crippen LogP contribution in [0.25, 0.3) is 0 Å². The Labute approximate surface area is 91.3 Å². The molecule has 15 heavy (non-hydrogen) atoms. The monoisotopic (exact) mass is 196 g/mol. The van der Waals surface area contributed by atoms with Crippen LogP contribution in [0.15, 0.2) is 48.5 Å². The van der Waals surface area contributed by atoms with Gasteiger partial charge in [0.15, 0.2) is 0 Å². The van der Waals surface area contributed by atoms with Crippen LogP contribution in [0.5, 0.6) is 11.5 Å². The van der Waals surface area contributed by atoms with Gasteiger partial charge in [0.2, 0.25) is 0 Å². The van der Waals surface area contributed by atoms with Crippen molar-refractivity contribution in [1.82, 2.24) is 0 Å². The lowest BCUT2D eigenvalue weighted by Gasteiger charge is -2.19. The average Bonchev–Trinajstić information content (AvgIpc) is 2.26. The fraction of sp³-hybridized carbons (Fsp3) is 0.0769. The highest BCUT2D eigenvalue weighted by molar-refractivity contribution is 5.75. The molecule has 3 rings (SSSR count). The van der Waals surface area contributed by atoms with Crippen molar-refractivity contribution in [3.63, 3.8) is 0 Å². The van der Waals surface area contributed by atoms with E-state index < -0.39 is 0 Å². The van der Waals surface area contributed by atoms with Gasteiger partial charge in [-0.1, -0.05) is 36.4 Å². The van der Waals surface area contributed by atoms with Crippen LogP contribution in [-0.2, 0) is 6.42 Å². The molecule has 0 aromatic heterocycles. The Hall–Kier alpha value is -1.70. The van der Waals surface area contributed by atoms with Gasteiger partial charge in [-0.25, -0.2) is 0 Å². The fourth-order valence-electron chi connectivity index (χ4n) is 1.82. The second-order valence-corrected chi connectivity index (χ2v) is 3.49. The number of hydrogen-bond donors (Lipinski definition) is 0. The first kappa shape index (κ1) is 9.84. The van der Waals surface area contributed by atoms with Crippen molar-refractivity contribution in [2.24, 2.45) is 0 Å². The van der Waals surface area contributed by atoms with Crippen LogP contribution in [0.4, 0.5) is 0 Å². The average molecular weight is 196 g/mol. The lowest BCUT2D eigenvalue weighted by Crippen LogP contribution is -2.01. The second kappa shape index (κ2) is 3.81. The number of ether oxygens (including phenoxy) is 1. The van der Waals surface area contributed by atoms with Crippen LogP contribution in [-0.4, -0.2) is 8.41 Å². The summed E-state index contributed by atoms with van der Waals surface area (Å²) in [6, 6.07) is 16.4. The first-order chi connectivity index (χ1) is 6.93. The van der Waals surface area contributed by atoms with Crippen LogP contribution in [0.1, 0.15) is 11.1 Å². The standard InChI is InChI=1S/C13H10O.BH3/c1-3-7-12-10(5-1)9-11-6-2-4-8-13(11)14-12;/h1-8H,9H2;1H3. The highest BCUT2D eigenvalue weighted by Gasteiger charge is 2.14. The van der Waals surface area contributed by atoms with E-state index in [1.54, 1.807) is 0 Å². The van der Waals surface area contributed by atoms with E-state index in [2.05, 4.69) is 24.3 Å². The molecule has 1 nitrogen and oxygen atoms in total. The molecule has 0 fully saturated rings. The zero-order valence-electron chi connectivity index (χ0n) is 7.73. The van der Waals surface area contributed by atoms with E-state index in [1.807, 2.05) is 24.3 Å². The third-order valence-electron chi connectivity index (χ3n) is 2.55. The van der Waals surface area contributed by atoms with Crippen molar-refractivity contribution in [1.29, 1.82) is 0 Å². The van der Waals surface area contributed by atoms with E-state index in [0.29, 0.717) is 0 Å². The van der Waals surface area contributed by atoms with Gasteiger partial charge in [0.1, 0.15) is 11.5 Å². The zero-order chi connectivity index (χ0) is 9.38. The fourth-order valence-corrected chi connectivity index (χ4v) is 1.82. The Balaban J connectivity index is 0.000000853. The Morgan fingerprint density at radius 3 is 1.73 bits per heavy atom. The Morgan fingerprint density at radius 1 is 0.733 bits per heavy atom. The molecule has 0 radical (unpaired) electrons. The normalized spacial score (nSPS) is 11.7. The Morgan fingerprint density at radius 2 is 1.20 bits per heavy atom. The third kappa shape index (κ3) is 1.63. The predicted octanol–water partition coefficient (Wildman–Crippen LogP) is 2.20. The van der Waals surface area contributed by atoms with E-state index >= 15 is 0 Å². The van der Waals surface area contributed by atoms with E-state index in [4.69, 9.17) is 4.74 Å². The van der Waals surface area contributed by atoms with Crippen molar-refractivity contribution in [3.05, 3.63) is 59.7 Å². The number of para-hydroxylation sites is 2. The number of hydrogen-bond acceptors (Lipinski definition) is 1. The molecule has 2 aromatic carbocycles. The summed E-state index contributed by atoms with van der Waals surface area (Å²) < 4.78 is 5.78. The zero-order valence-corrected chi connectivity index (χ0v) is 7.73. The molecule has 0 saturated heterocycles. The Bertz CT molecular complexity index is 392. The van der Waals surface area contributed by atoms with Gasteiger partial charge in [0, 0.05) is 6.42 Å². The largest absolute Gasteiger partial charge is 0.457 e. The second-order valence-electron chi connectivity index (χ2n) is 3.49. The van der Waals surface area contributed by atoms with Crippen LogP contribution in [0.2, 0.25) is 0 Å². The molecule has 0 aliphatic carbocycles. The highest BCUT2D eigenvalue weighted by atomic mass is 16.5. The molecule has 0 N–H and O–H groups in total. The summed E-state index contributed by atoms with van der Waals surface area (Å²) in [7, 11) is 0. The van der Waals surface area contributed by atoms with Crippen LogP contribution < -0.4 is 4.74 Å². The van der Waals surface area contributed by atoms with Gasteiger partial charge in [-0.3, -0.25) is 0 Å². The van der Waals surface area contributed by atoms with E-state index in [0.717, 1.165) is 17.9 Å². The van der Waals surface area contributed by atoms with Gasteiger partial charge in [-0.15, -0.1) is 0 Å². The smallest absolute Gasteiger partial charge is 0.130 e. The predicted molar refractivity (Wildman–Crippen MR) is 65.7 cm³/mol. The molecule has 1 aliphatic rings. The minimum atomic E-state index is 0. The third-order valence-corrected chi connectivity index (χ3v) is 2.55. The van der Waals surface area contributed by atoms with E-state index in [1.165, 1.54) is 11.1 Å². The molecule has 0 saturated carbocycles. The van der Waals surface area contributed by atoms with Crippen molar-refractivity contribution >= 4 is 8.41 Å². The molecule has 2 aromatic rings. The number of rotatable bonds is 0. The summed E-state index contributed by atoms with van der Waals surface area (Å²) in [6.45, 7) is 0. The highest BCUT2D eigenvalue weighted by Crippen LogP contribution is 2.35. The lowest BCUT2D eigenvalue weighted by molar-refractivity contribution is 0.460. The summed E-state index contributed by atoms with van der Waals surface area (Å²) in [4.78, 5) is 0. The van der Waals surface area contributed by atoms with Gasteiger partial charge in [-0.2, -0.15) is 0 Å². The number of benzene rings is 2. The van der Waals surface area contributed by atoms with Crippen molar-refractivity contribution in [3.8, 4) is 11.5 Å².